The molecular formula is C27H19N3O2. The van der Waals surface area contributed by atoms with Crippen LogP contribution in [-0.4, -0.2) is 18.7 Å². The molecule has 0 radical (unpaired) electrons. The summed E-state index contributed by atoms with van der Waals surface area (Å²) in [6.07, 6.45) is 2.51. The zero-order valence-corrected chi connectivity index (χ0v) is 17.5. The van der Waals surface area contributed by atoms with E-state index >= 15 is 0 Å². The topological polar surface area (TPSA) is 85.0 Å². The molecule has 32 heavy (non-hydrogen) atoms. The lowest BCUT2D eigenvalue weighted by atomic mass is 9.40. The molecule has 154 valence electrons. The molecule has 0 saturated heterocycles. The van der Waals surface area contributed by atoms with Gasteiger partial charge in [0.1, 0.15) is 5.41 Å². The third kappa shape index (κ3) is 2.22. The average molecular weight is 417 g/mol. The summed E-state index contributed by atoms with van der Waals surface area (Å²) in [5.41, 5.74) is -0.718. The highest BCUT2D eigenvalue weighted by atomic mass is 16.2. The van der Waals surface area contributed by atoms with Gasteiger partial charge in [0.15, 0.2) is 11.2 Å². The lowest BCUT2D eigenvalue weighted by molar-refractivity contribution is -0.144. The van der Waals surface area contributed by atoms with Crippen molar-refractivity contribution in [3.05, 3.63) is 77.4 Å². The summed E-state index contributed by atoms with van der Waals surface area (Å²) in [5, 5.41) is 20.8. The van der Waals surface area contributed by atoms with Crippen molar-refractivity contribution in [2.45, 2.75) is 18.3 Å². The Morgan fingerprint density at radius 3 is 2.34 bits per heavy atom. The highest BCUT2D eigenvalue weighted by molar-refractivity contribution is 6.16. The van der Waals surface area contributed by atoms with Crippen molar-refractivity contribution in [3.8, 4) is 24.0 Å². The molecule has 2 unspecified atom stereocenters. The van der Waals surface area contributed by atoms with Gasteiger partial charge in [-0.1, -0.05) is 48.2 Å². The molecule has 1 spiro atoms. The van der Waals surface area contributed by atoms with Crippen LogP contribution in [0, 0.1) is 51.8 Å². The lowest BCUT2D eigenvalue weighted by Gasteiger charge is -2.55. The number of para-hydroxylation sites is 1. The Hall–Kier alpha value is -4.14. The zero-order chi connectivity index (χ0) is 22.5. The molecule has 2 aromatic rings. The maximum Gasteiger partial charge on any atom is 0.240 e. The fourth-order valence-corrected chi connectivity index (χ4v) is 5.96. The minimum absolute atomic E-state index is 0.178. The summed E-state index contributed by atoms with van der Waals surface area (Å²) >= 11 is 0. The molecule has 2 aromatic carbocycles. The summed E-state index contributed by atoms with van der Waals surface area (Å²) in [5.74, 6) is 3.98. The molecule has 5 heteroatoms. The molecule has 4 aliphatic rings. The number of Topliss-reactive ketones (excluding diaryl/α,β-unsaturated/α-hetero) is 1. The van der Waals surface area contributed by atoms with Crippen LogP contribution in [0.5, 0.6) is 0 Å². The van der Waals surface area contributed by atoms with E-state index in [1.807, 2.05) is 36.4 Å². The van der Waals surface area contributed by atoms with Crippen LogP contribution in [0.25, 0.3) is 0 Å². The van der Waals surface area contributed by atoms with E-state index in [9.17, 15) is 20.1 Å². The Labute approximate surface area is 186 Å². The van der Waals surface area contributed by atoms with Crippen LogP contribution >= 0.6 is 0 Å². The van der Waals surface area contributed by atoms with Crippen molar-refractivity contribution in [2.24, 2.45) is 17.3 Å². The van der Waals surface area contributed by atoms with Crippen molar-refractivity contribution in [2.75, 3.05) is 11.9 Å². The number of hydrogen-bond donors (Lipinski definition) is 0. The van der Waals surface area contributed by atoms with Gasteiger partial charge in [0.2, 0.25) is 5.91 Å². The number of ketones is 1. The molecular weight excluding hydrogens is 398 g/mol. The van der Waals surface area contributed by atoms with E-state index in [2.05, 4.69) is 24.0 Å². The molecule has 5 nitrogen and oxygen atoms in total. The average Bonchev–Trinajstić information content (AvgIpc) is 3.05. The second-order valence-corrected chi connectivity index (χ2v) is 8.50. The molecule has 1 amide bonds. The molecule has 3 saturated carbocycles. The second kappa shape index (κ2) is 6.94. The van der Waals surface area contributed by atoms with Gasteiger partial charge in [-0.25, -0.2) is 0 Å². The minimum atomic E-state index is -1.68. The lowest BCUT2D eigenvalue weighted by Crippen LogP contribution is -2.67. The van der Waals surface area contributed by atoms with Crippen molar-refractivity contribution >= 4 is 17.4 Å². The zero-order valence-electron chi connectivity index (χ0n) is 17.5. The van der Waals surface area contributed by atoms with Gasteiger partial charge in [-0.2, -0.15) is 10.5 Å². The normalized spacial score (nSPS) is 28.1. The van der Waals surface area contributed by atoms with Crippen molar-refractivity contribution in [1.82, 2.24) is 0 Å². The Bertz CT molecular complexity index is 1320. The van der Waals surface area contributed by atoms with Crippen LogP contribution in [0.3, 0.4) is 0 Å². The minimum Gasteiger partial charge on any atom is -0.314 e. The molecule has 1 heterocycles. The summed E-state index contributed by atoms with van der Waals surface area (Å²) < 4.78 is 0. The quantitative estimate of drug-likeness (QED) is 0.485. The summed E-state index contributed by atoms with van der Waals surface area (Å²) in [6.45, 7) is 0. The monoisotopic (exact) mass is 417 g/mol. The van der Waals surface area contributed by atoms with E-state index in [1.165, 1.54) is 4.90 Å². The van der Waals surface area contributed by atoms with Crippen molar-refractivity contribution < 1.29 is 9.59 Å². The van der Waals surface area contributed by atoms with Gasteiger partial charge < -0.3 is 4.90 Å². The largest absolute Gasteiger partial charge is 0.314 e. The maximum atomic E-state index is 13.7. The molecule has 2 bridgehead atoms. The Morgan fingerprint density at radius 2 is 1.62 bits per heavy atom. The van der Waals surface area contributed by atoms with E-state index in [0.717, 1.165) is 5.56 Å². The van der Waals surface area contributed by atoms with Crippen LogP contribution in [0.2, 0.25) is 0 Å². The van der Waals surface area contributed by atoms with Gasteiger partial charge in [-0.15, -0.1) is 0 Å². The van der Waals surface area contributed by atoms with Gasteiger partial charge in [0.25, 0.3) is 0 Å². The first-order valence-corrected chi connectivity index (χ1v) is 10.5. The number of carbonyl (C=O) groups is 2. The number of hydrogen-bond acceptors (Lipinski definition) is 4. The highest BCUT2D eigenvalue weighted by Gasteiger charge is 2.76. The van der Waals surface area contributed by atoms with Gasteiger partial charge in [0, 0.05) is 35.7 Å². The SMILES string of the molecule is CN1C(=O)[C@]2(c3ccccc31)C1CCC(/C(=C\C#Cc3ccccc3)C1=O)C2(C#N)C#N. The van der Waals surface area contributed by atoms with Gasteiger partial charge in [-0.05, 0) is 42.7 Å². The van der Waals surface area contributed by atoms with Gasteiger partial charge in [0.05, 0.1) is 12.1 Å². The van der Waals surface area contributed by atoms with E-state index in [1.54, 1.807) is 31.3 Å². The molecule has 0 N–H and O–H groups in total. The van der Waals surface area contributed by atoms with Gasteiger partial charge >= 0.3 is 0 Å². The number of benzene rings is 2. The summed E-state index contributed by atoms with van der Waals surface area (Å²) in [4.78, 5) is 28.9. The number of rotatable bonds is 0. The number of fused-ring (bicyclic) bond motifs is 3. The standard InChI is InChI=1S/C27H19N3O2/c1-30-23-13-6-5-12-21(23)27(25(30)32)22-15-14-20(26(27,16-28)17-29)19(24(22)31)11-7-10-18-8-3-2-4-9-18/h2-6,8-9,11-13,20,22H,14-15H2,1H3/b19-11+/t20?,22?,27-/m0/s1. The Morgan fingerprint density at radius 1 is 0.969 bits per heavy atom. The van der Waals surface area contributed by atoms with E-state index < -0.39 is 22.7 Å². The van der Waals surface area contributed by atoms with Crippen LogP contribution in [0.1, 0.15) is 24.0 Å². The van der Waals surface area contributed by atoms with Crippen LogP contribution in [0.15, 0.2) is 66.2 Å². The molecule has 3 atom stereocenters. The summed E-state index contributed by atoms with van der Waals surface area (Å²) in [7, 11) is 1.64. The fourth-order valence-electron chi connectivity index (χ4n) is 5.96. The molecule has 6 rings (SSSR count). The van der Waals surface area contributed by atoms with E-state index in [4.69, 9.17) is 0 Å². The van der Waals surface area contributed by atoms with Crippen molar-refractivity contribution in [1.29, 1.82) is 10.5 Å². The van der Waals surface area contributed by atoms with Crippen LogP contribution in [-0.2, 0) is 15.0 Å². The third-order valence-corrected chi connectivity index (χ3v) is 7.29. The fraction of sp³-hybridized carbons (Fsp3) is 0.259. The number of nitrogens with zero attached hydrogens (tertiary/aromatic N) is 3. The first-order chi connectivity index (χ1) is 15.5. The predicted octanol–water partition coefficient (Wildman–Crippen LogP) is 3.52. The number of allylic oxidation sites excluding steroid dienone is 2. The number of anilines is 1. The molecule has 0 aromatic heterocycles. The summed E-state index contributed by atoms with van der Waals surface area (Å²) in [6, 6.07) is 21.1. The number of nitriles is 2. The van der Waals surface area contributed by atoms with Crippen LogP contribution in [0.4, 0.5) is 5.69 Å². The van der Waals surface area contributed by atoms with Crippen LogP contribution < -0.4 is 4.90 Å². The number of likely N-dealkylation sites (N-methyl/N-ethyl adjacent to an activating group) is 1. The van der Waals surface area contributed by atoms with Crippen molar-refractivity contribution in [3.63, 3.8) is 0 Å². The highest BCUT2D eigenvalue weighted by Crippen LogP contribution is 2.67. The number of carbonyl (C=O) groups excluding carboxylic acids is 2. The molecule has 3 aliphatic carbocycles. The smallest absolute Gasteiger partial charge is 0.240 e. The first kappa shape index (κ1) is 19.8. The van der Waals surface area contributed by atoms with Gasteiger partial charge in [-0.3, -0.25) is 9.59 Å². The Kier molecular flexibility index (Phi) is 4.30. The maximum absolute atomic E-state index is 13.7. The van der Waals surface area contributed by atoms with E-state index in [0.29, 0.717) is 29.7 Å². The number of amides is 1. The predicted molar refractivity (Wildman–Crippen MR) is 118 cm³/mol. The molecule has 3 fully saturated rings. The molecule has 1 aliphatic heterocycles. The second-order valence-electron chi connectivity index (χ2n) is 8.50. The first-order valence-electron chi connectivity index (χ1n) is 10.5. The third-order valence-electron chi connectivity index (χ3n) is 7.29. The Balaban J connectivity index is 1.71. The van der Waals surface area contributed by atoms with E-state index in [-0.39, 0.29) is 11.7 Å².